The summed E-state index contributed by atoms with van der Waals surface area (Å²) in [6.07, 6.45) is 0.557. The number of rotatable bonds is 8. The fourth-order valence-corrected chi connectivity index (χ4v) is 7.36. The van der Waals surface area contributed by atoms with E-state index in [1.54, 1.807) is 24.3 Å². The Morgan fingerprint density at radius 3 is 2.26 bits per heavy atom. The zero-order chi connectivity index (χ0) is 26.9. The SMILES string of the molecule is CN1CCN(S(=O)(=O)c2ccc(-c3csc(CNC(=O)C4(CC(=O)O)Cc5ccccc5C4)n3)cc2)CC1. The number of thiazole rings is 1. The van der Waals surface area contributed by atoms with Crippen molar-refractivity contribution in [3.05, 3.63) is 70.0 Å². The highest BCUT2D eigenvalue weighted by Gasteiger charge is 2.45. The second-order valence-corrected chi connectivity index (χ2v) is 12.9. The van der Waals surface area contributed by atoms with Crippen molar-refractivity contribution in [2.24, 2.45) is 5.41 Å². The molecule has 0 unspecified atom stereocenters. The molecule has 1 aromatic heterocycles. The molecule has 3 aromatic rings. The summed E-state index contributed by atoms with van der Waals surface area (Å²) in [5, 5.41) is 15.0. The molecule has 1 amide bonds. The number of likely N-dealkylation sites (N-methyl/N-ethyl adjacent to an activating group) is 1. The third-order valence-corrected chi connectivity index (χ3v) is 10.1. The molecule has 0 spiro atoms. The molecule has 0 saturated carbocycles. The van der Waals surface area contributed by atoms with E-state index in [9.17, 15) is 23.1 Å². The standard InChI is InChI=1S/C27H30N4O5S2/c1-30-10-12-31(13-11-30)38(35,36)22-8-6-19(7-9-22)23-18-37-24(29-23)17-28-26(34)27(16-25(32)33)14-20-4-2-3-5-21(20)15-27/h2-9,18H,10-17H2,1H3,(H,28,34)(H,32,33). The first-order valence-electron chi connectivity index (χ1n) is 12.5. The average molecular weight is 555 g/mol. The average Bonchev–Trinajstić information content (AvgIpc) is 3.52. The number of nitrogens with zero attached hydrogens (tertiary/aromatic N) is 3. The minimum Gasteiger partial charge on any atom is -0.481 e. The van der Waals surface area contributed by atoms with Gasteiger partial charge in [-0.2, -0.15) is 4.31 Å². The van der Waals surface area contributed by atoms with Gasteiger partial charge < -0.3 is 15.3 Å². The first-order chi connectivity index (χ1) is 18.2. The van der Waals surface area contributed by atoms with Gasteiger partial charge in [-0.15, -0.1) is 11.3 Å². The van der Waals surface area contributed by atoms with E-state index < -0.39 is 21.4 Å². The van der Waals surface area contributed by atoms with Gasteiger partial charge in [-0.25, -0.2) is 13.4 Å². The maximum Gasteiger partial charge on any atom is 0.304 e. The predicted octanol–water partition coefficient (Wildman–Crippen LogP) is 2.62. The molecule has 2 N–H and O–H groups in total. The van der Waals surface area contributed by atoms with E-state index in [1.807, 2.05) is 36.7 Å². The Morgan fingerprint density at radius 1 is 1.03 bits per heavy atom. The molecule has 0 atom stereocenters. The van der Waals surface area contributed by atoms with Gasteiger partial charge in [-0.05, 0) is 43.1 Å². The lowest BCUT2D eigenvalue weighted by molar-refractivity contribution is -0.145. The van der Waals surface area contributed by atoms with Crippen LogP contribution < -0.4 is 5.32 Å². The molecule has 5 rings (SSSR count). The van der Waals surface area contributed by atoms with Gasteiger partial charge in [-0.3, -0.25) is 9.59 Å². The number of aromatic nitrogens is 1. The summed E-state index contributed by atoms with van der Waals surface area (Å²) >= 11 is 1.39. The van der Waals surface area contributed by atoms with Crippen LogP contribution in [0.4, 0.5) is 0 Å². The van der Waals surface area contributed by atoms with Crippen LogP contribution in [0, 0.1) is 5.41 Å². The fourth-order valence-electron chi connectivity index (χ4n) is 5.19. The van der Waals surface area contributed by atoms with Gasteiger partial charge in [0.1, 0.15) is 5.01 Å². The molecule has 9 nitrogen and oxygen atoms in total. The monoisotopic (exact) mass is 554 g/mol. The minimum atomic E-state index is -3.54. The van der Waals surface area contributed by atoms with Crippen LogP contribution in [-0.4, -0.2) is 72.8 Å². The molecule has 11 heteroatoms. The van der Waals surface area contributed by atoms with E-state index >= 15 is 0 Å². The third-order valence-electron chi connectivity index (χ3n) is 7.35. The summed E-state index contributed by atoms with van der Waals surface area (Å²) in [5.74, 6) is -1.28. The molecule has 1 aliphatic carbocycles. The van der Waals surface area contributed by atoms with Gasteiger partial charge in [-0.1, -0.05) is 36.4 Å². The number of hydrogen-bond acceptors (Lipinski definition) is 7. The number of benzene rings is 2. The van der Waals surface area contributed by atoms with Crippen LogP contribution in [0.5, 0.6) is 0 Å². The van der Waals surface area contributed by atoms with Crippen molar-refractivity contribution in [2.75, 3.05) is 33.2 Å². The number of piperazine rings is 1. The van der Waals surface area contributed by atoms with E-state index in [4.69, 9.17) is 0 Å². The molecule has 200 valence electrons. The molecule has 1 fully saturated rings. The highest BCUT2D eigenvalue weighted by Crippen LogP contribution is 2.40. The lowest BCUT2D eigenvalue weighted by Crippen LogP contribution is -2.46. The van der Waals surface area contributed by atoms with E-state index in [-0.39, 0.29) is 23.8 Å². The number of aliphatic carboxylic acids is 1. The number of fused-ring (bicyclic) bond motifs is 1. The summed E-state index contributed by atoms with van der Waals surface area (Å²) in [4.78, 5) is 31.8. The predicted molar refractivity (Wildman–Crippen MR) is 144 cm³/mol. The highest BCUT2D eigenvalue weighted by molar-refractivity contribution is 7.89. The van der Waals surface area contributed by atoms with Gasteiger partial charge in [0, 0.05) is 37.1 Å². The molecule has 2 heterocycles. The fraction of sp³-hybridized carbons (Fsp3) is 0.370. The zero-order valence-electron chi connectivity index (χ0n) is 21.1. The highest BCUT2D eigenvalue weighted by atomic mass is 32.2. The number of nitrogens with one attached hydrogen (secondary N) is 1. The van der Waals surface area contributed by atoms with E-state index in [2.05, 4.69) is 15.2 Å². The number of carbonyl (C=O) groups is 2. The first kappa shape index (κ1) is 26.5. The number of hydrogen-bond donors (Lipinski definition) is 2. The first-order valence-corrected chi connectivity index (χ1v) is 14.8. The number of carboxylic acids is 1. The van der Waals surface area contributed by atoms with Crippen molar-refractivity contribution in [1.29, 1.82) is 0 Å². The Morgan fingerprint density at radius 2 is 1.66 bits per heavy atom. The van der Waals surface area contributed by atoms with Crippen LogP contribution in [0.1, 0.15) is 22.6 Å². The summed E-state index contributed by atoms with van der Waals surface area (Å²) in [5.41, 5.74) is 2.49. The number of carboxylic acid groups (broad SMARTS) is 1. The van der Waals surface area contributed by atoms with Crippen LogP contribution in [0.3, 0.4) is 0 Å². The van der Waals surface area contributed by atoms with Gasteiger partial charge in [0.2, 0.25) is 15.9 Å². The van der Waals surface area contributed by atoms with Crippen LogP contribution in [0.2, 0.25) is 0 Å². The molecule has 2 aliphatic rings. The topological polar surface area (TPSA) is 120 Å². The summed E-state index contributed by atoms with van der Waals surface area (Å²) in [7, 11) is -1.56. The van der Waals surface area contributed by atoms with Gasteiger partial charge in [0.25, 0.3) is 0 Å². The van der Waals surface area contributed by atoms with Gasteiger partial charge in [0.05, 0.1) is 29.0 Å². The van der Waals surface area contributed by atoms with Crippen molar-refractivity contribution in [3.8, 4) is 11.3 Å². The Hall–Kier alpha value is -3.12. The van der Waals surface area contributed by atoms with Crippen LogP contribution in [0.25, 0.3) is 11.3 Å². The lowest BCUT2D eigenvalue weighted by atomic mass is 9.80. The molecule has 0 bridgehead atoms. The minimum absolute atomic E-state index is 0.192. The van der Waals surface area contributed by atoms with Crippen LogP contribution in [0.15, 0.2) is 58.8 Å². The normalized spacial score (nSPS) is 17.7. The maximum atomic E-state index is 13.2. The van der Waals surface area contributed by atoms with Crippen molar-refractivity contribution in [3.63, 3.8) is 0 Å². The molecule has 2 aromatic carbocycles. The van der Waals surface area contributed by atoms with E-state index in [1.165, 1.54) is 15.6 Å². The van der Waals surface area contributed by atoms with Crippen molar-refractivity contribution >= 4 is 33.2 Å². The van der Waals surface area contributed by atoms with Gasteiger partial charge >= 0.3 is 5.97 Å². The number of amides is 1. The smallest absolute Gasteiger partial charge is 0.304 e. The van der Waals surface area contributed by atoms with Crippen molar-refractivity contribution in [2.45, 2.75) is 30.7 Å². The summed E-state index contributed by atoms with van der Waals surface area (Å²) < 4.78 is 27.5. The van der Waals surface area contributed by atoms with Crippen molar-refractivity contribution in [1.82, 2.24) is 19.5 Å². The van der Waals surface area contributed by atoms with Crippen LogP contribution >= 0.6 is 11.3 Å². The lowest BCUT2D eigenvalue weighted by Gasteiger charge is -2.31. The van der Waals surface area contributed by atoms with Crippen LogP contribution in [-0.2, 0) is 39.0 Å². The quantitative estimate of drug-likeness (QED) is 0.439. The largest absolute Gasteiger partial charge is 0.481 e. The Kier molecular flexibility index (Phi) is 7.36. The zero-order valence-corrected chi connectivity index (χ0v) is 22.7. The van der Waals surface area contributed by atoms with E-state index in [0.717, 1.165) is 16.7 Å². The Balaban J connectivity index is 1.24. The number of sulfonamides is 1. The van der Waals surface area contributed by atoms with Gasteiger partial charge in [0.15, 0.2) is 0 Å². The molecule has 1 aliphatic heterocycles. The second-order valence-electron chi connectivity index (χ2n) is 10.0. The molecular weight excluding hydrogens is 524 g/mol. The Bertz CT molecular complexity index is 1420. The molecule has 38 heavy (non-hydrogen) atoms. The number of carbonyl (C=O) groups excluding carboxylic acids is 1. The Labute approximate surface area is 226 Å². The van der Waals surface area contributed by atoms with E-state index in [0.29, 0.717) is 49.7 Å². The molecular formula is C27H30N4O5S2. The summed E-state index contributed by atoms with van der Waals surface area (Å²) in [6.45, 7) is 2.56. The second kappa shape index (κ2) is 10.6. The molecule has 1 saturated heterocycles. The van der Waals surface area contributed by atoms with Crippen molar-refractivity contribution < 1.29 is 23.1 Å². The third kappa shape index (κ3) is 5.37. The molecule has 0 radical (unpaired) electrons. The maximum absolute atomic E-state index is 13.2. The summed E-state index contributed by atoms with van der Waals surface area (Å²) in [6, 6.07) is 14.4.